The third-order valence-electron chi connectivity index (χ3n) is 3.85. The van der Waals surface area contributed by atoms with E-state index >= 15 is 0 Å². The van der Waals surface area contributed by atoms with Crippen LogP contribution in [-0.2, 0) is 0 Å². The van der Waals surface area contributed by atoms with Crippen molar-refractivity contribution >= 4 is 28.4 Å². The van der Waals surface area contributed by atoms with Gasteiger partial charge in [0.05, 0.1) is 10.4 Å². The quantitative estimate of drug-likeness (QED) is 0.750. The number of carbonyl (C=O) groups is 1. The van der Waals surface area contributed by atoms with Gasteiger partial charge in [0.25, 0.3) is 0 Å². The maximum Gasteiger partial charge on any atom is 0.213 e. The van der Waals surface area contributed by atoms with Crippen LogP contribution in [0, 0.1) is 0 Å². The van der Waals surface area contributed by atoms with E-state index < -0.39 is 0 Å². The van der Waals surface area contributed by atoms with Gasteiger partial charge in [-0.3, -0.25) is 9.89 Å². The van der Waals surface area contributed by atoms with Gasteiger partial charge >= 0.3 is 0 Å². The molecule has 0 atom stereocenters. The lowest BCUT2D eigenvalue weighted by molar-refractivity contribution is 0.103. The zero-order valence-corrected chi connectivity index (χ0v) is 11.9. The van der Waals surface area contributed by atoms with Crippen molar-refractivity contribution in [2.45, 2.75) is 18.8 Å². The largest absolute Gasteiger partial charge is 0.287 e. The van der Waals surface area contributed by atoms with Crippen LogP contribution >= 0.6 is 11.6 Å². The Bertz CT molecular complexity index is 852. The minimum absolute atomic E-state index is 0.113. The molecule has 1 aromatic carbocycles. The van der Waals surface area contributed by atoms with Gasteiger partial charge in [-0.2, -0.15) is 5.10 Å². The monoisotopic (exact) mass is 297 g/mol. The molecule has 0 spiro atoms. The number of aromatic nitrogens is 3. The molecule has 2 aromatic heterocycles. The molecule has 0 saturated heterocycles. The number of H-pyrrole nitrogens is 1. The summed E-state index contributed by atoms with van der Waals surface area (Å²) in [4.78, 5) is 17.1. The number of fused-ring (bicyclic) bond motifs is 1. The van der Waals surface area contributed by atoms with Gasteiger partial charge in [-0.1, -0.05) is 23.7 Å². The van der Waals surface area contributed by atoms with Crippen LogP contribution in [0.5, 0.6) is 0 Å². The molecule has 0 bridgehead atoms. The number of rotatable bonds is 3. The van der Waals surface area contributed by atoms with Gasteiger partial charge in [0, 0.05) is 11.8 Å². The van der Waals surface area contributed by atoms with E-state index in [1.807, 2.05) is 18.2 Å². The molecule has 1 N–H and O–H groups in total. The highest BCUT2D eigenvalue weighted by molar-refractivity contribution is 6.35. The Kier molecular flexibility index (Phi) is 2.79. The van der Waals surface area contributed by atoms with Crippen LogP contribution in [0.25, 0.3) is 11.0 Å². The Labute approximate surface area is 126 Å². The number of hydrogen-bond donors (Lipinski definition) is 1. The minimum atomic E-state index is -0.113. The van der Waals surface area contributed by atoms with E-state index in [2.05, 4.69) is 15.2 Å². The molecule has 2 heterocycles. The molecule has 1 saturated carbocycles. The third-order valence-corrected chi connectivity index (χ3v) is 4.16. The van der Waals surface area contributed by atoms with Crippen molar-refractivity contribution in [1.82, 2.24) is 15.2 Å². The molecule has 0 aliphatic heterocycles. The Morgan fingerprint density at radius 2 is 2.10 bits per heavy atom. The molecule has 5 heteroatoms. The van der Waals surface area contributed by atoms with E-state index in [-0.39, 0.29) is 5.78 Å². The highest BCUT2D eigenvalue weighted by Gasteiger charge is 2.30. The number of hydrogen-bond acceptors (Lipinski definition) is 3. The Balaban J connectivity index is 1.89. The smallest absolute Gasteiger partial charge is 0.213 e. The number of carbonyl (C=O) groups excluding carboxylic acids is 1. The summed E-state index contributed by atoms with van der Waals surface area (Å²) in [5.41, 5.74) is 2.63. The lowest BCUT2D eigenvalue weighted by atomic mass is 9.97. The number of ketones is 1. The molecule has 1 aliphatic rings. The lowest BCUT2D eigenvalue weighted by Crippen LogP contribution is -2.07. The summed E-state index contributed by atoms with van der Waals surface area (Å²) in [6, 6.07) is 9.29. The normalized spacial score (nSPS) is 14.5. The first kappa shape index (κ1) is 12.5. The molecule has 0 amide bonds. The van der Waals surface area contributed by atoms with E-state index in [0.717, 1.165) is 23.8 Å². The molecule has 21 heavy (non-hydrogen) atoms. The highest BCUT2D eigenvalue weighted by atomic mass is 35.5. The summed E-state index contributed by atoms with van der Waals surface area (Å²) in [5.74, 6) is 0.341. The van der Waals surface area contributed by atoms with Crippen LogP contribution in [0.1, 0.15) is 40.4 Å². The SMILES string of the molecule is O=C(c1c(Cl)cccc1C1CC1)c1[nH]nc2ncccc12. The summed E-state index contributed by atoms with van der Waals surface area (Å²) in [6.07, 6.45) is 3.89. The molecule has 4 nitrogen and oxygen atoms in total. The second kappa shape index (κ2) is 4.67. The second-order valence-electron chi connectivity index (χ2n) is 5.28. The Morgan fingerprint density at radius 1 is 1.24 bits per heavy atom. The molecule has 3 aromatic rings. The number of pyridine rings is 1. The maximum absolute atomic E-state index is 12.9. The lowest BCUT2D eigenvalue weighted by Gasteiger charge is -2.09. The Morgan fingerprint density at radius 3 is 2.90 bits per heavy atom. The van der Waals surface area contributed by atoms with Gasteiger partial charge < -0.3 is 0 Å². The summed E-state index contributed by atoms with van der Waals surface area (Å²) >= 11 is 6.29. The van der Waals surface area contributed by atoms with Crippen LogP contribution < -0.4 is 0 Å². The van der Waals surface area contributed by atoms with E-state index in [9.17, 15) is 4.79 Å². The molecular weight excluding hydrogens is 286 g/mol. The number of nitrogens with one attached hydrogen (secondary N) is 1. The number of aromatic amines is 1. The van der Waals surface area contributed by atoms with Crippen LogP contribution in [0.3, 0.4) is 0 Å². The standard InChI is InChI=1S/C16H12ClN3O/c17-12-5-1-3-10(9-6-7-9)13(12)15(21)14-11-4-2-8-18-16(11)20-19-14/h1-5,8-9H,6-7H2,(H,18,19,20). The van der Waals surface area contributed by atoms with Crippen molar-refractivity contribution in [1.29, 1.82) is 0 Å². The van der Waals surface area contributed by atoms with Crippen LogP contribution in [0.15, 0.2) is 36.5 Å². The van der Waals surface area contributed by atoms with Gasteiger partial charge in [-0.05, 0) is 42.5 Å². The maximum atomic E-state index is 12.9. The summed E-state index contributed by atoms with van der Waals surface area (Å²) in [7, 11) is 0. The van der Waals surface area contributed by atoms with Crippen molar-refractivity contribution < 1.29 is 4.79 Å². The van der Waals surface area contributed by atoms with E-state index in [0.29, 0.717) is 27.8 Å². The molecule has 104 valence electrons. The van der Waals surface area contributed by atoms with Gasteiger partial charge in [-0.15, -0.1) is 0 Å². The number of halogens is 1. The predicted octanol–water partition coefficient (Wildman–Crippen LogP) is 3.72. The van der Waals surface area contributed by atoms with Crippen molar-refractivity contribution in [2.75, 3.05) is 0 Å². The van der Waals surface area contributed by atoms with Crippen molar-refractivity contribution in [3.63, 3.8) is 0 Å². The van der Waals surface area contributed by atoms with Crippen LogP contribution in [0.4, 0.5) is 0 Å². The second-order valence-corrected chi connectivity index (χ2v) is 5.69. The molecule has 1 aliphatic carbocycles. The Hall–Kier alpha value is -2.20. The minimum Gasteiger partial charge on any atom is -0.287 e. The van der Waals surface area contributed by atoms with Gasteiger partial charge in [-0.25, -0.2) is 4.98 Å². The van der Waals surface area contributed by atoms with Gasteiger partial charge in [0.1, 0.15) is 5.69 Å². The molecule has 0 unspecified atom stereocenters. The third kappa shape index (κ3) is 2.03. The summed E-state index contributed by atoms with van der Waals surface area (Å²) in [6.45, 7) is 0. The molecular formula is C16H12ClN3O. The average Bonchev–Trinajstić information content (AvgIpc) is 3.25. The van der Waals surface area contributed by atoms with Gasteiger partial charge in [0.2, 0.25) is 5.78 Å². The van der Waals surface area contributed by atoms with E-state index in [4.69, 9.17) is 11.6 Å². The zero-order chi connectivity index (χ0) is 14.4. The molecule has 1 fully saturated rings. The highest BCUT2D eigenvalue weighted by Crippen LogP contribution is 2.43. The zero-order valence-electron chi connectivity index (χ0n) is 11.1. The first-order chi connectivity index (χ1) is 10.3. The molecule has 0 radical (unpaired) electrons. The fraction of sp³-hybridized carbons (Fsp3) is 0.188. The van der Waals surface area contributed by atoms with Crippen LogP contribution in [-0.4, -0.2) is 21.0 Å². The van der Waals surface area contributed by atoms with Crippen molar-refractivity contribution in [3.8, 4) is 0 Å². The summed E-state index contributed by atoms with van der Waals surface area (Å²) in [5, 5.41) is 8.11. The van der Waals surface area contributed by atoms with Gasteiger partial charge in [0.15, 0.2) is 5.65 Å². The number of benzene rings is 1. The van der Waals surface area contributed by atoms with Crippen molar-refractivity contribution in [2.24, 2.45) is 0 Å². The van der Waals surface area contributed by atoms with Crippen LogP contribution in [0.2, 0.25) is 5.02 Å². The van der Waals surface area contributed by atoms with E-state index in [1.54, 1.807) is 18.3 Å². The first-order valence-corrected chi connectivity index (χ1v) is 7.25. The topological polar surface area (TPSA) is 58.6 Å². The fourth-order valence-corrected chi connectivity index (χ4v) is 2.93. The fourth-order valence-electron chi connectivity index (χ4n) is 2.66. The number of nitrogens with zero attached hydrogens (tertiary/aromatic N) is 2. The molecule has 4 rings (SSSR count). The summed E-state index contributed by atoms with van der Waals surface area (Å²) < 4.78 is 0. The van der Waals surface area contributed by atoms with Crippen molar-refractivity contribution in [3.05, 3.63) is 58.4 Å². The average molecular weight is 298 g/mol. The predicted molar refractivity (Wildman–Crippen MR) is 80.7 cm³/mol. The first-order valence-electron chi connectivity index (χ1n) is 6.88. The van der Waals surface area contributed by atoms with E-state index in [1.165, 1.54) is 0 Å².